The molecule has 0 aromatic carbocycles. The van der Waals surface area contributed by atoms with Crippen molar-refractivity contribution in [2.75, 3.05) is 13.6 Å². The van der Waals surface area contributed by atoms with Gasteiger partial charge in [0.05, 0.1) is 0 Å². The largest absolute Gasteiger partial charge is 0.480 e. The van der Waals surface area contributed by atoms with Gasteiger partial charge in [0.25, 0.3) is 0 Å². The van der Waals surface area contributed by atoms with Crippen molar-refractivity contribution in [1.82, 2.24) is 4.90 Å². The second kappa shape index (κ2) is 5.35. The van der Waals surface area contributed by atoms with Gasteiger partial charge < -0.3 is 5.11 Å². The highest BCUT2D eigenvalue weighted by atomic mass is 16.4. The smallest absolute Gasteiger partial charge is 0.323 e. The van der Waals surface area contributed by atoms with Gasteiger partial charge in [0.15, 0.2) is 0 Å². The van der Waals surface area contributed by atoms with E-state index in [1.54, 1.807) is 6.92 Å². The number of rotatable bonds is 6. The zero-order chi connectivity index (χ0) is 11.4. The fourth-order valence-electron chi connectivity index (χ4n) is 1.38. The zero-order valence-electron chi connectivity index (χ0n) is 10.0. The summed E-state index contributed by atoms with van der Waals surface area (Å²) in [4.78, 5) is 13.1. The standard InChI is InChI=1S/C11H23NO2/c1-6-12(5)11(4,10(13)14)8-7-9(2)3/h9H,6-8H2,1-5H3,(H,13,14). The van der Waals surface area contributed by atoms with E-state index in [-0.39, 0.29) is 0 Å². The van der Waals surface area contributed by atoms with Crippen LogP contribution in [0, 0.1) is 5.92 Å². The van der Waals surface area contributed by atoms with Crippen molar-refractivity contribution in [3.05, 3.63) is 0 Å². The minimum Gasteiger partial charge on any atom is -0.480 e. The van der Waals surface area contributed by atoms with Crippen LogP contribution in [0.2, 0.25) is 0 Å². The molecule has 0 saturated heterocycles. The molecule has 0 aliphatic rings. The Hall–Kier alpha value is -0.570. The quantitative estimate of drug-likeness (QED) is 0.716. The van der Waals surface area contributed by atoms with Crippen LogP contribution in [0.1, 0.15) is 40.5 Å². The van der Waals surface area contributed by atoms with Gasteiger partial charge in [-0.1, -0.05) is 20.8 Å². The number of hydrogen-bond acceptors (Lipinski definition) is 2. The van der Waals surface area contributed by atoms with Crippen LogP contribution in [0.25, 0.3) is 0 Å². The Labute approximate surface area is 87.1 Å². The highest BCUT2D eigenvalue weighted by Crippen LogP contribution is 2.22. The summed E-state index contributed by atoms with van der Waals surface area (Å²) in [5, 5.41) is 9.21. The van der Waals surface area contributed by atoms with Crippen molar-refractivity contribution in [3.63, 3.8) is 0 Å². The van der Waals surface area contributed by atoms with Crippen LogP contribution in [0.5, 0.6) is 0 Å². The number of nitrogens with zero attached hydrogens (tertiary/aromatic N) is 1. The Morgan fingerprint density at radius 1 is 1.50 bits per heavy atom. The lowest BCUT2D eigenvalue weighted by molar-refractivity contribution is -0.150. The topological polar surface area (TPSA) is 40.5 Å². The van der Waals surface area contributed by atoms with Crippen LogP contribution in [0.3, 0.4) is 0 Å². The minimum atomic E-state index is -0.720. The van der Waals surface area contributed by atoms with E-state index < -0.39 is 11.5 Å². The Morgan fingerprint density at radius 3 is 2.29 bits per heavy atom. The summed E-state index contributed by atoms with van der Waals surface area (Å²) in [7, 11) is 1.87. The average molecular weight is 201 g/mol. The maximum atomic E-state index is 11.2. The van der Waals surface area contributed by atoms with Crippen molar-refractivity contribution in [1.29, 1.82) is 0 Å². The summed E-state index contributed by atoms with van der Waals surface area (Å²) in [6, 6.07) is 0. The zero-order valence-corrected chi connectivity index (χ0v) is 10.0. The lowest BCUT2D eigenvalue weighted by Crippen LogP contribution is -2.50. The van der Waals surface area contributed by atoms with E-state index in [1.165, 1.54) is 0 Å². The minimum absolute atomic E-state index is 0.555. The van der Waals surface area contributed by atoms with Crippen molar-refractivity contribution in [2.24, 2.45) is 5.92 Å². The number of aliphatic carboxylic acids is 1. The molecule has 0 spiro atoms. The summed E-state index contributed by atoms with van der Waals surface area (Å²) in [6.07, 6.45) is 1.66. The summed E-state index contributed by atoms with van der Waals surface area (Å²) < 4.78 is 0. The van der Waals surface area contributed by atoms with Gasteiger partial charge in [-0.05, 0) is 39.3 Å². The first kappa shape index (κ1) is 13.4. The van der Waals surface area contributed by atoms with E-state index in [4.69, 9.17) is 0 Å². The van der Waals surface area contributed by atoms with Gasteiger partial charge in [0.1, 0.15) is 5.54 Å². The molecule has 0 aromatic heterocycles. The molecule has 84 valence electrons. The van der Waals surface area contributed by atoms with Crippen LogP contribution < -0.4 is 0 Å². The molecule has 0 fully saturated rings. The molecule has 1 unspecified atom stereocenters. The summed E-state index contributed by atoms with van der Waals surface area (Å²) in [5.41, 5.74) is -0.709. The van der Waals surface area contributed by atoms with Gasteiger partial charge in [-0.3, -0.25) is 9.69 Å². The van der Waals surface area contributed by atoms with E-state index in [0.717, 1.165) is 13.0 Å². The van der Waals surface area contributed by atoms with E-state index in [9.17, 15) is 9.90 Å². The number of hydrogen-bond donors (Lipinski definition) is 1. The molecule has 1 atom stereocenters. The van der Waals surface area contributed by atoms with Gasteiger partial charge >= 0.3 is 5.97 Å². The van der Waals surface area contributed by atoms with Crippen molar-refractivity contribution < 1.29 is 9.90 Å². The third kappa shape index (κ3) is 3.29. The SMILES string of the molecule is CCN(C)C(C)(CCC(C)C)C(=O)O. The maximum absolute atomic E-state index is 11.2. The van der Waals surface area contributed by atoms with Crippen molar-refractivity contribution in [2.45, 2.75) is 46.1 Å². The molecule has 0 heterocycles. The normalized spacial score (nSPS) is 15.9. The Balaban J connectivity index is 4.48. The molecule has 14 heavy (non-hydrogen) atoms. The summed E-state index contributed by atoms with van der Waals surface area (Å²) in [6.45, 7) is 8.79. The third-order valence-corrected chi connectivity index (χ3v) is 2.99. The molecule has 3 heteroatoms. The number of carbonyl (C=O) groups is 1. The molecule has 0 aromatic rings. The highest BCUT2D eigenvalue weighted by Gasteiger charge is 2.36. The molecular formula is C11H23NO2. The first-order valence-corrected chi connectivity index (χ1v) is 5.29. The monoisotopic (exact) mass is 201 g/mol. The van der Waals surface area contributed by atoms with Gasteiger partial charge in [0.2, 0.25) is 0 Å². The van der Waals surface area contributed by atoms with E-state index in [1.807, 2.05) is 18.9 Å². The lowest BCUT2D eigenvalue weighted by atomic mass is 9.90. The third-order valence-electron chi connectivity index (χ3n) is 2.99. The fourth-order valence-corrected chi connectivity index (χ4v) is 1.38. The molecule has 0 radical (unpaired) electrons. The average Bonchev–Trinajstić information content (AvgIpc) is 2.12. The highest BCUT2D eigenvalue weighted by molar-refractivity contribution is 5.78. The second-order valence-corrected chi connectivity index (χ2v) is 4.53. The van der Waals surface area contributed by atoms with E-state index in [0.29, 0.717) is 12.3 Å². The predicted molar refractivity (Wildman–Crippen MR) is 58.4 cm³/mol. The fraction of sp³-hybridized carbons (Fsp3) is 0.909. The molecular weight excluding hydrogens is 178 g/mol. The number of likely N-dealkylation sites (N-methyl/N-ethyl adjacent to an activating group) is 1. The molecule has 0 aliphatic carbocycles. The Morgan fingerprint density at radius 2 is 2.00 bits per heavy atom. The summed E-state index contributed by atoms with van der Waals surface area (Å²) >= 11 is 0. The van der Waals surface area contributed by atoms with Crippen molar-refractivity contribution >= 4 is 5.97 Å². The maximum Gasteiger partial charge on any atom is 0.323 e. The summed E-state index contributed by atoms with van der Waals surface area (Å²) in [5.74, 6) is -0.165. The molecule has 0 amide bonds. The first-order chi connectivity index (χ1) is 6.34. The second-order valence-electron chi connectivity index (χ2n) is 4.53. The van der Waals surface area contributed by atoms with Gasteiger partial charge in [-0.15, -0.1) is 0 Å². The Kier molecular flexibility index (Phi) is 5.13. The molecule has 0 rings (SSSR count). The lowest BCUT2D eigenvalue weighted by Gasteiger charge is -2.34. The number of carboxylic acid groups (broad SMARTS) is 1. The Bertz CT molecular complexity index is 192. The van der Waals surface area contributed by atoms with Gasteiger partial charge in [0, 0.05) is 0 Å². The van der Waals surface area contributed by atoms with Gasteiger partial charge in [-0.25, -0.2) is 0 Å². The predicted octanol–water partition coefficient (Wildman–Crippen LogP) is 2.22. The first-order valence-electron chi connectivity index (χ1n) is 5.29. The van der Waals surface area contributed by atoms with E-state index in [2.05, 4.69) is 13.8 Å². The number of carboxylic acids is 1. The molecule has 3 nitrogen and oxygen atoms in total. The molecule has 0 saturated carbocycles. The van der Waals surface area contributed by atoms with Gasteiger partial charge in [-0.2, -0.15) is 0 Å². The van der Waals surface area contributed by atoms with Crippen LogP contribution in [0.15, 0.2) is 0 Å². The van der Waals surface area contributed by atoms with E-state index >= 15 is 0 Å². The molecule has 1 N–H and O–H groups in total. The molecule has 0 aliphatic heterocycles. The van der Waals surface area contributed by atoms with Crippen molar-refractivity contribution in [3.8, 4) is 0 Å². The van der Waals surface area contributed by atoms with Crippen LogP contribution in [-0.4, -0.2) is 35.1 Å². The van der Waals surface area contributed by atoms with Crippen LogP contribution in [-0.2, 0) is 4.79 Å². The molecule has 0 bridgehead atoms. The van der Waals surface area contributed by atoms with Crippen LogP contribution >= 0.6 is 0 Å². The van der Waals surface area contributed by atoms with Crippen LogP contribution in [0.4, 0.5) is 0 Å².